The summed E-state index contributed by atoms with van der Waals surface area (Å²) >= 11 is 0. The molecule has 0 saturated carbocycles. The zero-order chi connectivity index (χ0) is 13.8. The first-order valence-corrected chi connectivity index (χ1v) is 6.00. The number of quaternary nitrogens is 1. The zero-order valence-corrected chi connectivity index (χ0v) is 11.0. The van der Waals surface area contributed by atoms with Gasteiger partial charge in [0.1, 0.15) is 5.76 Å². The average Bonchev–Trinajstić information content (AvgIpc) is 2.46. The number of nitrogens with zero attached hydrogens (tertiary/aromatic N) is 1. The summed E-state index contributed by atoms with van der Waals surface area (Å²) in [5, 5.41) is 19.6. The maximum atomic E-state index is 10.4. The summed E-state index contributed by atoms with van der Waals surface area (Å²) in [6.45, 7) is 1.88. The molecule has 1 aromatic rings. The third-order valence-corrected chi connectivity index (χ3v) is 3.08. The number of rotatable bonds is 3. The van der Waals surface area contributed by atoms with E-state index in [1.807, 2.05) is 37.3 Å². The van der Waals surface area contributed by atoms with Gasteiger partial charge in [-0.15, -0.1) is 0 Å². The van der Waals surface area contributed by atoms with E-state index in [4.69, 9.17) is 4.74 Å². The van der Waals surface area contributed by atoms with Gasteiger partial charge in [-0.05, 0) is 13.0 Å². The molecular weight excluding hydrogens is 244 g/mol. The zero-order valence-electron chi connectivity index (χ0n) is 11.0. The molecule has 0 saturated heterocycles. The minimum absolute atomic E-state index is 0.503. The fraction of sp³-hybridized carbons (Fsp3) is 0.214. The normalized spacial score (nSPS) is 17.1. The van der Waals surface area contributed by atoms with Gasteiger partial charge in [0.05, 0.1) is 13.5 Å². The van der Waals surface area contributed by atoms with Crippen molar-refractivity contribution in [2.45, 2.75) is 13.3 Å². The van der Waals surface area contributed by atoms with Crippen molar-refractivity contribution in [2.24, 2.45) is 0 Å². The molecule has 5 nitrogen and oxygen atoms in total. The highest BCUT2D eigenvalue weighted by Crippen LogP contribution is 2.25. The first-order chi connectivity index (χ1) is 9.17. The highest BCUT2D eigenvalue weighted by molar-refractivity contribution is 5.94. The average molecular weight is 262 g/mol. The van der Waals surface area contributed by atoms with Crippen LogP contribution in [0.1, 0.15) is 12.0 Å². The summed E-state index contributed by atoms with van der Waals surface area (Å²) < 4.78 is 6.29. The number of nitrogens with two attached hydrogens (primary N) is 1. The molecule has 4 N–H and O–H groups in total. The predicted octanol–water partition coefficient (Wildman–Crippen LogP) is 1.54. The lowest BCUT2D eigenvalue weighted by atomic mass is 10.1. The second-order valence-corrected chi connectivity index (χ2v) is 4.32. The number of para-hydroxylation sites is 1. The van der Waals surface area contributed by atoms with Crippen molar-refractivity contribution in [1.82, 2.24) is 0 Å². The van der Waals surface area contributed by atoms with Gasteiger partial charge in [-0.25, -0.2) is 5.21 Å². The van der Waals surface area contributed by atoms with Crippen LogP contribution in [-0.2, 0) is 4.74 Å². The number of ether oxygens (including phenoxy) is 1. The van der Waals surface area contributed by atoms with E-state index in [2.05, 4.69) is 0 Å². The third-order valence-electron chi connectivity index (χ3n) is 3.08. The van der Waals surface area contributed by atoms with E-state index < -0.39 is 0 Å². The summed E-state index contributed by atoms with van der Waals surface area (Å²) in [6.07, 6.45) is 5.99. The summed E-state index contributed by atoms with van der Waals surface area (Å²) in [7, 11) is 1.60. The minimum atomic E-state index is 0.503. The van der Waals surface area contributed by atoms with Crippen LogP contribution < -0.4 is 5.48 Å². The Labute approximate surface area is 111 Å². The molecule has 0 radical (unpaired) electrons. The maximum absolute atomic E-state index is 10.4. The van der Waals surface area contributed by atoms with Crippen molar-refractivity contribution in [1.29, 1.82) is 0 Å². The topological polar surface area (TPSA) is 69.3 Å². The molecule has 0 aromatic heterocycles. The fourth-order valence-corrected chi connectivity index (χ4v) is 2.07. The summed E-state index contributed by atoms with van der Waals surface area (Å²) in [5.74, 6) is 0.777. The second kappa shape index (κ2) is 5.69. The number of allylic oxidation sites excluding steroid dienone is 4. The van der Waals surface area contributed by atoms with Gasteiger partial charge in [-0.2, -0.15) is 5.48 Å². The molecule has 1 aliphatic carbocycles. The van der Waals surface area contributed by atoms with Crippen molar-refractivity contribution in [2.75, 3.05) is 7.11 Å². The minimum Gasteiger partial charge on any atom is -0.501 e. The molecule has 100 valence electrons. The SMILES string of the molecule is COC1=CC=C/C(=[N+](\O)c2c(C)cccc2[NH2+]O)C1. The van der Waals surface area contributed by atoms with Crippen molar-refractivity contribution in [3.05, 3.63) is 47.7 Å². The Bertz CT molecular complexity index is 574. The summed E-state index contributed by atoms with van der Waals surface area (Å²) in [6, 6.07) is 5.45. The standard InChI is InChI=1S/C14H17N2O3/c1-10-5-3-8-13(15-17)14(10)16(18)11-6-4-7-12(9-11)19-2/h3-8,15,17-18H,9H2,1-2H3/q+1/p+1/b16-11+. The number of hydrogen-bond donors (Lipinski definition) is 3. The van der Waals surface area contributed by atoms with Gasteiger partial charge in [0.25, 0.3) is 0 Å². The van der Waals surface area contributed by atoms with E-state index in [-0.39, 0.29) is 0 Å². The number of aryl methyl sites for hydroxylation is 1. The lowest BCUT2D eigenvalue weighted by molar-refractivity contribution is -0.830. The van der Waals surface area contributed by atoms with Crippen LogP contribution in [0, 0.1) is 6.92 Å². The lowest BCUT2D eigenvalue weighted by Gasteiger charge is -2.08. The van der Waals surface area contributed by atoms with E-state index in [0.717, 1.165) is 21.5 Å². The van der Waals surface area contributed by atoms with Gasteiger partial charge >= 0.3 is 5.69 Å². The highest BCUT2D eigenvalue weighted by atomic mass is 16.5. The molecular formula is C14H18N2O3+2. The Hall–Kier alpha value is -2.11. The van der Waals surface area contributed by atoms with Crippen molar-refractivity contribution < 1.29 is 25.4 Å². The molecule has 19 heavy (non-hydrogen) atoms. The number of hydrogen-bond acceptors (Lipinski definition) is 3. The van der Waals surface area contributed by atoms with Crippen LogP contribution in [0.25, 0.3) is 0 Å². The molecule has 1 aromatic carbocycles. The van der Waals surface area contributed by atoms with Crippen LogP contribution in [0.2, 0.25) is 0 Å². The van der Waals surface area contributed by atoms with Gasteiger partial charge in [0, 0.05) is 22.4 Å². The van der Waals surface area contributed by atoms with Gasteiger partial charge in [-0.1, -0.05) is 18.2 Å². The molecule has 0 spiro atoms. The molecule has 0 amide bonds. The maximum Gasteiger partial charge on any atom is 0.323 e. The Morgan fingerprint density at radius 3 is 2.84 bits per heavy atom. The predicted molar refractivity (Wildman–Crippen MR) is 70.1 cm³/mol. The van der Waals surface area contributed by atoms with Crippen LogP contribution >= 0.6 is 0 Å². The quantitative estimate of drug-likeness (QED) is 0.335. The molecule has 0 aliphatic heterocycles. The Morgan fingerprint density at radius 1 is 1.37 bits per heavy atom. The van der Waals surface area contributed by atoms with Crippen LogP contribution in [0.3, 0.4) is 0 Å². The van der Waals surface area contributed by atoms with E-state index in [0.29, 0.717) is 23.5 Å². The smallest absolute Gasteiger partial charge is 0.323 e. The van der Waals surface area contributed by atoms with Crippen molar-refractivity contribution >= 4 is 17.1 Å². The molecule has 0 fully saturated rings. The third kappa shape index (κ3) is 2.67. The molecule has 0 unspecified atom stereocenters. The number of methoxy groups -OCH3 is 1. The summed E-state index contributed by atoms with van der Waals surface area (Å²) in [5.41, 5.74) is 3.70. The van der Waals surface area contributed by atoms with Crippen molar-refractivity contribution in [3.63, 3.8) is 0 Å². The lowest BCUT2D eigenvalue weighted by Crippen LogP contribution is -2.74. The van der Waals surface area contributed by atoms with E-state index in [1.165, 1.54) is 0 Å². The highest BCUT2D eigenvalue weighted by Gasteiger charge is 2.26. The van der Waals surface area contributed by atoms with Gasteiger partial charge in [-0.3, -0.25) is 5.21 Å². The van der Waals surface area contributed by atoms with Crippen LogP contribution in [-0.4, -0.2) is 28.0 Å². The Kier molecular flexibility index (Phi) is 3.99. The first kappa shape index (κ1) is 13.3. The molecule has 0 atom stereocenters. The molecule has 5 heteroatoms. The summed E-state index contributed by atoms with van der Waals surface area (Å²) in [4.78, 5) is 0. The molecule has 1 aliphatic rings. The molecule has 0 heterocycles. The van der Waals surface area contributed by atoms with Crippen molar-refractivity contribution in [3.8, 4) is 0 Å². The first-order valence-electron chi connectivity index (χ1n) is 6.00. The Balaban J connectivity index is 2.48. The Morgan fingerprint density at radius 2 is 2.16 bits per heavy atom. The van der Waals surface area contributed by atoms with Gasteiger partial charge in [0.2, 0.25) is 11.4 Å². The van der Waals surface area contributed by atoms with Crippen LogP contribution in [0.15, 0.2) is 42.2 Å². The van der Waals surface area contributed by atoms with Crippen LogP contribution in [0.4, 0.5) is 11.4 Å². The van der Waals surface area contributed by atoms with Gasteiger partial charge in [0.15, 0.2) is 0 Å². The monoisotopic (exact) mass is 262 g/mol. The fourth-order valence-electron chi connectivity index (χ4n) is 2.07. The van der Waals surface area contributed by atoms with E-state index >= 15 is 0 Å². The molecule has 0 bridgehead atoms. The largest absolute Gasteiger partial charge is 0.501 e. The van der Waals surface area contributed by atoms with E-state index in [1.54, 1.807) is 13.2 Å². The van der Waals surface area contributed by atoms with Crippen LogP contribution in [0.5, 0.6) is 0 Å². The second-order valence-electron chi connectivity index (χ2n) is 4.32. The van der Waals surface area contributed by atoms with Gasteiger partial charge < -0.3 is 4.74 Å². The van der Waals surface area contributed by atoms with E-state index in [9.17, 15) is 10.4 Å². The number of benzene rings is 1. The molecule has 2 rings (SSSR count).